The van der Waals surface area contributed by atoms with Gasteiger partial charge in [0.05, 0.1) is 0 Å². The van der Waals surface area contributed by atoms with E-state index >= 15 is 0 Å². The van der Waals surface area contributed by atoms with Gasteiger partial charge in [-0.3, -0.25) is 4.79 Å². The van der Waals surface area contributed by atoms with Crippen molar-refractivity contribution in [1.82, 2.24) is 5.32 Å². The molecule has 0 amide bonds. The predicted molar refractivity (Wildman–Crippen MR) is 67.8 cm³/mol. The summed E-state index contributed by atoms with van der Waals surface area (Å²) in [5, 5.41) is 3.49. The van der Waals surface area contributed by atoms with Gasteiger partial charge in [0, 0.05) is 12.5 Å². The molecule has 3 nitrogen and oxygen atoms in total. The molecule has 0 aromatic rings. The smallest absolute Gasteiger partial charge is 0.306 e. The molecular formula is C14H25NO2. The molecule has 0 spiro atoms. The average Bonchev–Trinajstić information content (AvgIpc) is 2.81. The Hall–Kier alpha value is -0.570. The summed E-state index contributed by atoms with van der Waals surface area (Å²) in [7, 11) is 0. The average molecular weight is 239 g/mol. The van der Waals surface area contributed by atoms with Gasteiger partial charge in [-0.25, -0.2) is 0 Å². The molecule has 1 N–H and O–H groups in total. The first-order valence-electron chi connectivity index (χ1n) is 7.16. The van der Waals surface area contributed by atoms with Crippen LogP contribution >= 0.6 is 0 Å². The Morgan fingerprint density at radius 1 is 1.18 bits per heavy atom. The molecule has 0 bridgehead atoms. The third kappa shape index (κ3) is 3.44. The fourth-order valence-corrected chi connectivity index (χ4v) is 3.09. The number of hydrogen-bond acceptors (Lipinski definition) is 3. The van der Waals surface area contributed by atoms with Gasteiger partial charge in [0.2, 0.25) is 0 Å². The molecule has 2 rings (SSSR count). The second kappa shape index (κ2) is 5.85. The zero-order valence-electron chi connectivity index (χ0n) is 11.0. The topological polar surface area (TPSA) is 38.3 Å². The molecule has 0 aromatic heterocycles. The van der Waals surface area contributed by atoms with Crippen LogP contribution in [0.1, 0.15) is 64.7 Å². The van der Waals surface area contributed by atoms with Crippen molar-refractivity contribution in [1.29, 1.82) is 0 Å². The van der Waals surface area contributed by atoms with Crippen molar-refractivity contribution in [3.63, 3.8) is 0 Å². The third-order valence-corrected chi connectivity index (χ3v) is 4.20. The summed E-state index contributed by atoms with van der Waals surface area (Å²) in [4.78, 5) is 11.8. The van der Waals surface area contributed by atoms with E-state index in [-0.39, 0.29) is 11.6 Å². The highest BCUT2D eigenvalue weighted by molar-refractivity contribution is 5.70. The Balaban J connectivity index is 2.01. The van der Waals surface area contributed by atoms with E-state index in [2.05, 4.69) is 12.2 Å². The highest BCUT2D eigenvalue weighted by Crippen LogP contribution is 2.30. The number of esters is 1. The molecule has 98 valence electrons. The first kappa shape index (κ1) is 12.9. The Morgan fingerprint density at radius 3 is 2.71 bits per heavy atom. The lowest BCUT2D eigenvalue weighted by atomic mass is 9.88. The van der Waals surface area contributed by atoms with Gasteiger partial charge in [0.15, 0.2) is 0 Å². The molecule has 0 aliphatic carbocycles. The number of cyclic esters (lactones) is 1. The van der Waals surface area contributed by atoms with Crippen LogP contribution in [0, 0.1) is 0 Å². The molecule has 17 heavy (non-hydrogen) atoms. The van der Waals surface area contributed by atoms with Gasteiger partial charge < -0.3 is 10.1 Å². The minimum Gasteiger partial charge on any atom is -0.458 e. The molecule has 0 radical (unpaired) electrons. The highest BCUT2D eigenvalue weighted by Gasteiger charge is 2.38. The van der Waals surface area contributed by atoms with Crippen LogP contribution in [0.15, 0.2) is 0 Å². The number of ether oxygens (including phenoxy) is 1. The van der Waals surface area contributed by atoms with Crippen LogP contribution in [0.4, 0.5) is 0 Å². The van der Waals surface area contributed by atoms with Crippen molar-refractivity contribution in [3.8, 4) is 0 Å². The summed E-state index contributed by atoms with van der Waals surface area (Å²) >= 11 is 0. The Bertz CT molecular complexity index is 261. The van der Waals surface area contributed by atoms with E-state index in [0.717, 1.165) is 25.8 Å². The van der Waals surface area contributed by atoms with Crippen LogP contribution in [0.2, 0.25) is 0 Å². The second-order valence-corrected chi connectivity index (χ2v) is 5.70. The van der Waals surface area contributed by atoms with Crippen LogP contribution < -0.4 is 5.32 Å². The minimum atomic E-state index is -0.273. The van der Waals surface area contributed by atoms with E-state index < -0.39 is 0 Å². The van der Waals surface area contributed by atoms with Gasteiger partial charge >= 0.3 is 5.97 Å². The van der Waals surface area contributed by atoms with Crippen LogP contribution in [0.25, 0.3) is 0 Å². The normalized spacial score (nSPS) is 36.5. The maximum atomic E-state index is 11.8. The molecule has 3 heteroatoms. The standard InChI is InChI=1S/C14H25NO2/c1-14(12-8-7-11-15-12)10-6-4-2-3-5-9-13(16)17-14/h12,15H,2-11H2,1H3. The van der Waals surface area contributed by atoms with Crippen molar-refractivity contribution in [2.75, 3.05) is 6.54 Å². The number of rotatable bonds is 1. The van der Waals surface area contributed by atoms with E-state index in [1.807, 2.05) is 0 Å². The maximum absolute atomic E-state index is 11.8. The van der Waals surface area contributed by atoms with Crippen molar-refractivity contribution in [2.24, 2.45) is 0 Å². The molecule has 2 atom stereocenters. The Kier molecular flexibility index (Phi) is 4.43. The highest BCUT2D eigenvalue weighted by atomic mass is 16.6. The SMILES string of the molecule is CC1(C2CCCN2)CCCCCCCC(=O)O1. The number of hydrogen-bond donors (Lipinski definition) is 1. The molecule has 2 aliphatic heterocycles. The van der Waals surface area contributed by atoms with Gasteiger partial charge in [-0.2, -0.15) is 0 Å². The number of carbonyl (C=O) groups is 1. The van der Waals surface area contributed by atoms with E-state index in [1.54, 1.807) is 0 Å². The van der Waals surface area contributed by atoms with Crippen LogP contribution in [-0.2, 0) is 9.53 Å². The zero-order valence-corrected chi connectivity index (χ0v) is 11.0. The molecule has 2 heterocycles. The van der Waals surface area contributed by atoms with Crippen molar-refractivity contribution < 1.29 is 9.53 Å². The summed E-state index contributed by atoms with van der Waals surface area (Å²) in [5.74, 6) is 0.00287. The van der Waals surface area contributed by atoms with Gasteiger partial charge in [-0.15, -0.1) is 0 Å². The minimum absolute atomic E-state index is 0.00287. The molecule has 2 saturated heterocycles. The molecule has 0 saturated carbocycles. The molecule has 0 aromatic carbocycles. The van der Waals surface area contributed by atoms with Gasteiger partial charge in [-0.05, 0) is 45.6 Å². The van der Waals surface area contributed by atoms with E-state index in [1.165, 1.54) is 32.1 Å². The van der Waals surface area contributed by atoms with E-state index in [0.29, 0.717) is 12.5 Å². The van der Waals surface area contributed by atoms with E-state index in [4.69, 9.17) is 4.74 Å². The van der Waals surface area contributed by atoms with Crippen molar-refractivity contribution in [3.05, 3.63) is 0 Å². The lowest BCUT2D eigenvalue weighted by Gasteiger charge is -2.36. The number of carbonyl (C=O) groups excluding carboxylic acids is 1. The first-order chi connectivity index (χ1) is 8.21. The maximum Gasteiger partial charge on any atom is 0.306 e. The zero-order chi connectivity index (χ0) is 12.1. The largest absolute Gasteiger partial charge is 0.458 e. The summed E-state index contributed by atoms with van der Waals surface area (Å²) in [6.45, 7) is 3.19. The van der Waals surface area contributed by atoms with Crippen LogP contribution in [0.3, 0.4) is 0 Å². The van der Waals surface area contributed by atoms with Crippen LogP contribution in [-0.4, -0.2) is 24.2 Å². The summed E-state index contributed by atoms with van der Waals surface area (Å²) < 4.78 is 5.80. The summed E-state index contributed by atoms with van der Waals surface area (Å²) in [6.07, 6.45) is 9.85. The second-order valence-electron chi connectivity index (χ2n) is 5.70. The lowest BCUT2D eigenvalue weighted by Crippen LogP contribution is -2.48. The predicted octanol–water partition coefficient (Wildman–Crippen LogP) is 2.78. The Labute approximate surface area is 104 Å². The van der Waals surface area contributed by atoms with Crippen molar-refractivity contribution >= 4 is 5.97 Å². The van der Waals surface area contributed by atoms with Gasteiger partial charge in [-0.1, -0.05) is 19.3 Å². The molecule has 2 unspecified atom stereocenters. The molecule has 2 fully saturated rings. The summed E-state index contributed by atoms with van der Waals surface area (Å²) in [5.41, 5.74) is -0.273. The first-order valence-corrected chi connectivity index (χ1v) is 7.16. The van der Waals surface area contributed by atoms with Crippen molar-refractivity contribution in [2.45, 2.75) is 76.4 Å². The molecule has 2 aliphatic rings. The van der Waals surface area contributed by atoms with Crippen LogP contribution in [0.5, 0.6) is 0 Å². The van der Waals surface area contributed by atoms with Gasteiger partial charge in [0.25, 0.3) is 0 Å². The number of nitrogens with one attached hydrogen (secondary N) is 1. The van der Waals surface area contributed by atoms with Gasteiger partial charge in [0.1, 0.15) is 5.60 Å². The molecular weight excluding hydrogens is 214 g/mol. The fourth-order valence-electron chi connectivity index (χ4n) is 3.09. The third-order valence-electron chi connectivity index (χ3n) is 4.20. The quantitative estimate of drug-likeness (QED) is 0.715. The monoisotopic (exact) mass is 239 g/mol. The summed E-state index contributed by atoms with van der Waals surface area (Å²) in [6, 6.07) is 0.367. The Morgan fingerprint density at radius 2 is 1.94 bits per heavy atom. The fraction of sp³-hybridized carbons (Fsp3) is 0.929. The van der Waals surface area contributed by atoms with E-state index in [9.17, 15) is 4.79 Å². The lowest BCUT2D eigenvalue weighted by molar-refractivity contribution is -0.162.